The molecule has 2 N–H and O–H groups in total. The van der Waals surface area contributed by atoms with E-state index in [-0.39, 0.29) is 17.5 Å². The number of benzene rings is 1. The van der Waals surface area contributed by atoms with E-state index in [1.54, 1.807) is 18.2 Å². The van der Waals surface area contributed by atoms with Crippen LogP contribution in [0.5, 0.6) is 5.75 Å². The van der Waals surface area contributed by atoms with E-state index >= 15 is 0 Å². The fourth-order valence-electron chi connectivity index (χ4n) is 1.56. The molecule has 1 aromatic carbocycles. The first-order valence-electron chi connectivity index (χ1n) is 5.58. The lowest BCUT2D eigenvalue weighted by atomic mass is 10.1. The largest absolute Gasteiger partial charge is 0.508 e. The first-order chi connectivity index (χ1) is 7.88. The van der Waals surface area contributed by atoms with Crippen LogP contribution in [-0.4, -0.2) is 32.1 Å². The van der Waals surface area contributed by atoms with E-state index in [1.165, 1.54) is 6.26 Å². The Kier molecular flexibility index (Phi) is 4.96. The molecule has 17 heavy (non-hydrogen) atoms. The first-order valence-corrected chi connectivity index (χ1v) is 7.64. The highest BCUT2D eigenvalue weighted by atomic mass is 32.2. The molecule has 0 fully saturated rings. The van der Waals surface area contributed by atoms with Crippen LogP contribution in [0.25, 0.3) is 0 Å². The predicted molar refractivity (Wildman–Crippen MR) is 68.9 cm³/mol. The number of aromatic hydroxyl groups is 1. The summed E-state index contributed by atoms with van der Waals surface area (Å²) in [5.74, 6) is 0.444. The van der Waals surface area contributed by atoms with Crippen molar-refractivity contribution in [2.24, 2.45) is 0 Å². The maximum absolute atomic E-state index is 10.9. The normalized spacial score (nSPS) is 13.5. The smallest absolute Gasteiger partial charge is 0.147 e. The molecular formula is C12H19NO3S. The summed E-state index contributed by atoms with van der Waals surface area (Å²) in [7, 11) is -2.87. The molecule has 0 aliphatic carbocycles. The molecular weight excluding hydrogens is 238 g/mol. The van der Waals surface area contributed by atoms with Gasteiger partial charge in [0.25, 0.3) is 0 Å². The van der Waals surface area contributed by atoms with Crippen molar-refractivity contribution in [1.82, 2.24) is 5.32 Å². The highest BCUT2D eigenvalue weighted by Crippen LogP contribution is 2.17. The zero-order valence-corrected chi connectivity index (χ0v) is 11.0. The summed E-state index contributed by atoms with van der Waals surface area (Å²) in [5.41, 5.74) is 0.990. The van der Waals surface area contributed by atoms with Crippen LogP contribution >= 0.6 is 0 Å². The molecule has 0 saturated heterocycles. The third kappa shape index (κ3) is 5.70. The van der Waals surface area contributed by atoms with Gasteiger partial charge in [-0.1, -0.05) is 12.1 Å². The van der Waals surface area contributed by atoms with Gasteiger partial charge in [-0.15, -0.1) is 0 Å². The third-order valence-electron chi connectivity index (χ3n) is 2.51. The van der Waals surface area contributed by atoms with Crippen molar-refractivity contribution in [3.8, 4) is 5.75 Å². The molecule has 5 heteroatoms. The van der Waals surface area contributed by atoms with Crippen molar-refractivity contribution in [1.29, 1.82) is 0 Å². The molecule has 0 heterocycles. The Bertz CT molecular complexity index is 457. The average molecular weight is 257 g/mol. The van der Waals surface area contributed by atoms with Gasteiger partial charge in [0.15, 0.2) is 0 Å². The van der Waals surface area contributed by atoms with E-state index in [0.29, 0.717) is 13.0 Å². The number of nitrogens with one attached hydrogen (secondary N) is 1. The molecule has 0 aromatic heterocycles. The fraction of sp³-hybridized carbons (Fsp3) is 0.500. The lowest BCUT2D eigenvalue weighted by Gasteiger charge is -2.14. The molecule has 0 aliphatic heterocycles. The Balaban J connectivity index is 2.38. The highest BCUT2D eigenvalue weighted by Gasteiger charge is 2.06. The maximum atomic E-state index is 10.9. The van der Waals surface area contributed by atoms with E-state index in [4.69, 9.17) is 0 Å². The first kappa shape index (κ1) is 14.0. The number of hydrogen-bond donors (Lipinski definition) is 2. The Morgan fingerprint density at radius 2 is 2.12 bits per heavy atom. The number of phenolic OH excluding ortho intramolecular Hbond substituents is 1. The molecule has 1 atom stereocenters. The Labute approximate surface area is 103 Å². The summed E-state index contributed by atoms with van der Waals surface area (Å²) < 4.78 is 21.9. The van der Waals surface area contributed by atoms with Crippen LogP contribution in [-0.2, 0) is 9.84 Å². The molecule has 0 bridgehead atoms. The van der Waals surface area contributed by atoms with Crippen molar-refractivity contribution in [3.63, 3.8) is 0 Å². The number of rotatable bonds is 6. The van der Waals surface area contributed by atoms with E-state index in [0.717, 1.165) is 5.56 Å². The molecule has 0 radical (unpaired) electrons. The Morgan fingerprint density at radius 1 is 1.41 bits per heavy atom. The van der Waals surface area contributed by atoms with Gasteiger partial charge in [-0.05, 0) is 37.6 Å². The SMILES string of the molecule is CC(NCCCS(C)(=O)=O)c1cccc(O)c1. The van der Waals surface area contributed by atoms with Crippen molar-refractivity contribution in [2.75, 3.05) is 18.6 Å². The van der Waals surface area contributed by atoms with Gasteiger partial charge < -0.3 is 10.4 Å². The minimum Gasteiger partial charge on any atom is -0.508 e. The van der Waals surface area contributed by atoms with Crippen LogP contribution in [0.1, 0.15) is 24.9 Å². The van der Waals surface area contributed by atoms with E-state index in [2.05, 4.69) is 5.32 Å². The van der Waals surface area contributed by atoms with Crippen molar-refractivity contribution in [2.45, 2.75) is 19.4 Å². The van der Waals surface area contributed by atoms with Gasteiger partial charge in [0.2, 0.25) is 0 Å². The third-order valence-corrected chi connectivity index (χ3v) is 3.54. The molecule has 0 amide bonds. The predicted octanol–water partition coefficient (Wildman–Crippen LogP) is 1.48. The number of hydrogen-bond acceptors (Lipinski definition) is 4. The quantitative estimate of drug-likeness (QED) is 0.758. The van der Waals surface area contributed by atoms with Crippen LogP contribution in [0.4, 0.5) is 0 Å². The topological polar surface area (TPSA) is 66.4 Å². The van der Waals surface area contributed by atoms with E-state index < -0.39 is 9.84 Å². The second-order valence-electron chi connectivity index (χ2n) is 4.25. The molecule has 0 aliphatic rings. The molecule has 0 spiro atoms. The van der Waals surface area contributed by atoms with E-state index in [9.17, 15) is 13.5 Å². The number of phenols is 1. The molecule has 4 nitrogen and oxygen atoms in total. The van der Waals surface area contributed by atoms with Gasteiger partial charge >= 0.3 is 0 Å². The molecule has 96 valence electrons. The van der Waals surface area contributed by atoms with Gasteiger partial charge in [0.1, 0.15) is 15.6 Å². The summed E-state index contributed by atoms with van der Waals surface area (Å²) in [6.45, 7) is 2.62. The van der Waals surface area contributed by atoms with E-state index in [1.807, 2.05) is 13.0 Å². The van der Waals surface area contributed by atoms with Crippen molar-refractivity contribution >= 4 is 9.84 Å². The summed E-state index contributed by atoms with van der Waals surface area (Å²) in [6.07, 6.45) is 1.84. The second kappa shape index (κ2) is 6.02. The Hall–Kier alpha value is -1.07. The second-order valence-corrected chi connectivity index (χ2v) is 6.51. The van der Waals surface area contributed by atoms with Gasteiger partial charge in [-0.25, -0.2) is 8.42 Å². The average Bonchev–Trinajstić information content (AvgIpc) is 2.23. The van der Waals surface area contributed by atoms with Crippen molar-refractivity contribution < 1.29 is 13.5 Å². The fourth-order valence-corrected chi connectivity index (χ4v) is 2.23. The minimum absolute atomic E-state index is 0.0988. The van der Waals surface area contributed by atoms with Crippen molar-refractivity contribution in [3.05, 3.63) is 29.8 Å². The van der Waals surface area contributed by atoms with Gasteiger partial charge in [-0.2, -0.15) is 0 Å². The van der Waals surface area contributed by atoms with Crippen LogP contribution in [0.15, 0.2) is 24.3 Å². The van der Waals surface area contributed by atoms with Gasteiger partial charge in [0.05, 0.1) is 5.75 Å². The maximum Gasteiger partial charge on any atom is 0.147 e. The summed E-state index contributed by atoms with van der Waals surface area (Å²) in [6, 6.07) is 7.14. The lowest BCUT2D eigenvalue weighted by molar-refractivity contribution is 0.472. The zero-order valence-electron chi connectivity index (χ0n) is 10.2. The lowest BCUT2D eigenvalue weighted by Crippen LogP contribution is -2.21. The molecule has 1 rings (SSSR count). The highest BCUT2D eigenvalue weighted by molar-refractivity contribution is 7.90. The van der Waals surface area contributed by atoms with Crippen LogP contribution in [0, 0.1) is 0 Å². The molecule has 1 unspecified atom stereocenters. The summed E-state index contributed by atoms with van der Waals surface area (Å²) >= 11 is 0. The van der Waals surface area contributed by atoms with Crippen LogP contribution in [0.2, 0.25) is 0 Å². The zero-order chi connectivity index (χ0) is 12.9. The number of sulfone groups is 1. The van der Waals surface area contributed by atoms with Crippen LogP contribution in [0.3, 0.4) is 0 Å². The summed E-state index contributed by atoms with van der Waals surface area (Å²) in [5, 5.41) is 12.6. The summed E-state index contributed by atoms with van der Waals surface area (Å²) in [4.78, 5) is 0. The Morgan fingerprint density at radius 3 is 2.71 bits per heavy atom. The molecule has 1 aromatic rings. The standard InChI is InChI=1S/C12H19NO3S/c1-10(11-5-3-6-12(14)9-11)13-7-4-8-17(2,15)16/h3,5-6,9-10,13-14H,4,7-8H2,1-2H3. The van der Waals surface area contributed by atoms with Crippen LogP contribution < -0.4 is 5.32 Å². The monoisotopic (exact) mass is 257 g/mol. The minimum atomic E-state index is -2.87. The van der Waals surface area contributed by atoms with Gasteiger partial charge in [-0.3, -0.25) is 0 Å². The van der Waals surface area contributed by atoms with Gasteiger partial charge in [0, 0.05) is 12.3 Å². The molecule has 0 saturated carbocycles.